The molecule has 3 atom stereocenters. The van der Waals surface area contributed by atoms with Gasteiger partial charge in [-0.2, -0.15) is 0 Å². The molecule has 0 amide bonds. The maximum atomic E-state index is 6.12. The number of fused-ring (bicyclic) bond motifs is 1. The van der Waals surface area contributed by atoms with Gasteiger partial charge in [0.05, 0.1) is 12.8 Å². The number of hydrogen-bond acceptors (Lipinski definition) is 5. The molecular weight excluding hydrogens is 290 g/mol. The Hall–Kier alpha value is -1.98. The third-order valence-electron chi connectivity index (χ3n) is 4.71. The molecule has 0 radical (unpaired) electrons. The molecule has 2 aliphatic rings. The van der Waals surface area contributed by atoms with Gasteiger partial charge in [-0.1, -0.05) is 0 Å². The van der Waals surface area contributed by atoms with Gasteiger partial charge in [0.2, 0.25) is 0 Å². The van der Waals surface area contributed by atoms with E-state index in [0.29, 0.717) is 6.04 Å². The van der Waals surface area contributed by atoms with Gasteiger partial charge >= 0.3 is 0 Å². The van der Waals surface area contributed by atoms with Gasteiger partial charge in [0.25, 0.3) is 0 Å². The molecule has 1 saturated heterocycles. The van der Waals surface area contributed by atoms with Crippen molar-refractivity contribution in [2.24, 2.45) is 0 Å². The molecule has 2 aromatic heterocycles. The van der Waals surface area contributed by atoms with Crippen LogP contribution < -0.4 is 4.74 Å². The van der Waals surface area contributed by atoms with Crippen LogP contribution in [0.5, 0.6) is 5.75 Å². The lowest BCUT2D eigenvalue weighted by Crippen LogP contribution is -2.51. The average molecular weight is 311 g/mol. The molecule has 0 bridgehead atoms. The smallest absolute Gasteiger partial charge is 0.138 e. The zero-order valence-electron chi connectivity index (χ0n) is 13.0. The Balaban J connectivity index is 1.44. The van der Waals surface area contributed by atoms with Crippen molar-refractivity contribution in [2.75, 3.05) is 13.2 Å². The molecule has 0 aromatic carbocycles. The first kappa shape index (κ1) is 14.6. The minimum Gasteiger partial charge on any atom is -0.486 e. The fraction of sp³-hybridized carbons (Fsp3) is 0.444. The Labute approximate surface area is 136 Å². The molecule has 5 heteroatoms. The van der Waals surface area contributed by atoms with E-state index < -0.39 is 0 Å². The Morgan fingerprint density at radius 2 is 2.04 bits per heavy atom. The molecule has 1 saturated carbocycles. The van der Waals surface area contributed by atoms with E-state index in [1.807, 2.05) is 24.5 Å². The molecule has 120 valence electrons. The van der Waals surface area contributed by atoms with Gasteiger partial charge in [-0.15, -0.1) is 0 Å². The van der Waals surface area contributed by atoms with Crippen molar-refractivity contribution in [3.63, 3.8) is 0 Å². The molecule has 4 rings (SSSR count). The number of pyridine rings is 2. The second-order valence-corrected chi connectivity index (χ2v) is 6.15. The number of aromatic nitrogens is 2. The van der Waals surface area contributed by atoms with Gasteiger partial charge in [-0.3, -0.25) is 14.9 Å². The van der Waals surface area contributed by atoms with E-state index >= 15 is 0 Å². The van der Waals surface area contributed by atoms with Gasteiger partial charge < -0.3 is 9.47 Å². The Morgan fingerprint density at radius 3 is 2.87 bits per heavy atom. The van der Waals surface area contributed by atoms with E-state index in [2.05, 4.69) is 27.0 Å². The van der Waals surface area contributed by atoms with Gasteiger partial charge in [0.15, 0.2) is 0 Å². The van der Waals surface area contributed by atoms with Crippen molar-refractivity contribution in [2.45, 2.75) is 37.6 Å². The summed E-state index contributed by atoms with van der Waals surface area (Å²) in [6, 6.07) is 8.46. The Morgan fingerprint density at radius 1 is 1.13 bits per heavy atom. The van der Waals surface area contributed by atoms with Crippen molar-refractivity contribution >= 4 is 0 Å². The fourth-order valence-corrected chi connectivity index (χ4v) is 3.63. The summed E-state index contributed by atoms with van der Waals surface area (Å²) in [6.07, 6.45) is 9.64. The molecular formula is C18H21N3O2. The highest BCUT2D eigenvalue weighted by Crippen LogP contribution is 2.33. The highest BCUT2D eigenvalue weighted by molar-refractivity contribution is 5.17. The van der Waals surface area contributed by atoms with Gasteiger partial charge in [-0.25, -0.2) is 0 Å². The fourth-order valence-electron chi connectivity index (χ4n) is 3.63. The summed E-state index contributed by atoms with van der Waals surface area (Å²) in [5.74, 6) is 0.827. The quantitative estimate of drug-likeness (QED) is 0.867. The molecule has 0 spiro atoms. The lowest BCUT2D eigenvalue weighted by Gasteiger charge is -2.39. The molecule has 1 aliphatic carbocycles. The summed E-state index contributed by atoms with van der Waals surface area (Å²) in [7, 11) is 0. The molecule has 2 aromatic rings. The highest BCUT2D eigenvalue weighted by atomic mass is 16.5. The highest BCUT2D eigenvalue weighted by Gasteiger charge is 2.43. The van der Waals surface area contributed by atoms with Crippen LogP contribution in [0.4, 0.5) is 0 Å². The number of rotatable bonds is 4. The van der Waals surface area contributed by atoms with Crippen molar-refractivity contribution < 1.29 is 9.47 Å². The molecule has 5 nitrogen and oxygen atoms in total. The summed E-state index contributed by atoms with van der Waals surface area (Å²) >= 11 is 0. The normalized spacial score (nSPS) is 27.6. The maximum Gasteiger partial charge on any atom is 0.138 e. The number of hydrogen-bond donors (Lipinski definition) is 0. The summed E-state index contributed by atoms with van der Waals surface area (Å²) in [6.45, 7) is 2.69. The largest absolute Gasteiger partial charge is 0.486 e. The van der Waals surface area contributed by atoms with Crippen LogP contribution in [0.2, 0.25) is 0 Å². The van der Waals surface area contributed by atoms with Crippen LogP contribution in [0, 0.1) is 0 Å². The Kier molecular flexibility index (Phi) is 4.22. The van der Waals surface area contributed by atoms with E-state index in [1.54, 1.807) is 12.4 Å². The predicted molar refractivity (Wildman–Crippen MR) is 86.1 cm³/mol. The van der Waals surface area contributed by atoms with E-state index in [0.717, 1.165) is 38.3 Å². The van der Waals surface area contributed by atoms with Crippen LogP contribution in [-0.4, -0.2) is 46.3 Å². The van der Waals surface area contributed by atoms with Crippen LogP contribution in [0.3, 0.4) is 0 Å². The molecule has 0 unspecified atom stereocenters. The third-order valence-corrected chi connectivity index (χ3v) is 4.71. The lowest BCUT2D eigenvalue weighted by atomic mass is 10.1. The summed E-state index contributed by atoms with van der Waals surface area (Å²) in [5.41, 5.74) is 1.30. The number of morpholine rings is 1. The number of ether oxygens (including phenoxy) is 2. The first-order chi connectivity index (χ1) is 11.4. The topological polar surface area (TPSA) is 47.5 Å². The van der Waals surface area contributed by atoms with Crippen molar-refractivity contribution in [3.8, 4) is 5.75 Å². The average Bonchev–Trinajstić information content (AvgIpc) is 3.01. The molecule has 3 heterocycles. The zero-order valence-corrected chi connectivity index (χ0v) is 13.0. The van der Waals surface area contributed by atoms with Crippen LogP contribution in [0.25, 0.3) is 0 Å². The monoisotopic (exact) mass is 311 g/mol. The molecule has 0 N–H and O–H groups in total. The summed E-state index contributed by atoms with van der Waals surface area (Å²) in [4.78, 5) is 10.7. The summed E-state index contributed by atoms with van der Waals surface area (Å²) in [5, 5.41) is 0. The van der Waals surface area contributed by atoms with Gasteiger partial charge in [0.1, 0.15) is 18.0 Å². The Bertz CT molecular complexity index is 623. The van der Waals surface area contributed by atoms with Crippen LogP contribution in [0.15, 0.2) is 49.1 Å². The molecule has 2 fully saturated rings. The van der Waals surface area contributed by atoms with Crippen molar-refractivity contribution in [3.05, 3.63) is 54.6 Å². The lowest BCUT2D eigenvalue weighted by molar-refractivity contribution is -0.0916. The van der Waals surface area contributed by atoms with Crippen LogP contribution >= 0.6 is 0 Å². The van der Waals surface area contributed by atoms with E-state index in [4.69, 9.17) is 9.47 Å². The van der Waals surface area contributed by atoms with E-state index in [-0.39, 0.29) is 12.2 Å². The summed E-state index contributed by atoms with van der Waals surface area (Å²) < 4.78 is 12.2. The minimum absolute atomic E-state index is 0.115. The zero-order chi connectivity index (χ0) is 15.5. The molecule has 1 aliphatic heterocycles. The SMILES string of the molecule is c1cncc(O[C@@H]2CC[C@H]3[C@H]2OCCN3Cc2ccncc2)c1. The van der Waals surface area contributed by atoms with Gasteiger partial charge in [-0.05, 0) is 42.7 Å². The minimum atomic E-state index is 0.115. The maximum absolute atomic E-state index is 6.12. The van der Waals surface area contributed by atoms with Crippen molar-refractivity contribution in [1.29, 1.82) is 0 Å². The standard InChI is InChI=1S/C18H21N3O2/c1-2-15(12-20-7-1)23-17-4-3-16-18(17)22-11-10-21(16)13-14-5-8-19-9-6-14/h1-2,5-9,12,16-18H,3-4,10-11,13H2/t16-,17+,18+/m0/s1. The van der Waals surface area contributed by atoms with Crippen LogP contribution in [-0.2, 0) is 11.3 Å². The van der Waals surface area contributed by atoms with Crippen LogP contribution in [0.1, 0.15) is 18.4 Å². The first-order valence-electron chi connectivity index (χ1n) is 8.21. The second kappa shape index (κ2) is 6.64. The van der Waals surface area contributed by atoms with Crippen molar-refractivity contribution in [1.82, 2.24) is 14.9 Å². The predicted octanol–water partition coefficient (Wildman–Crippen LogP) is 2.29. The molecule has 23 heavy (non-hydrogen) atoms. The number of nitrogens with zero attached hydrogens (tertiary/aromatic N) is 3. The third kappa shape index (κ3) is 3.21. The first-order valence-corrected chi connectivity index (χ1v) is 8.21. The van der Waals surface area contributed by atoms with E-state index in [9.17, 15) is 0 Å². The van der Waals surface area contributed by atoms with Gasteiger partial charge in [0, 0.05) is 37.7 Å². The van der Waals surface area contributed by atoms with E-state index in [1.165, 1.54) is 5.56 Å². The second-order valence-electron chi connectivity index (χ2n) is 6.15.